The predicted octanol–water partition coefficient (Wildman–Crippen LogP) is 3.63. The number of ether oxygens (including phenoxy) is 1. The van der Waals surface area contributed by atoms with Gasteiger partial charge in [0.15, 0.2) is 0 Å². The third-order valence-corrected chi connectivity index (χ3v) is 4.24. The van der Waals surface area contributed by atoms with Crippen LogP contribution in [0.4, 0.5) is 0 Å². The van der Waals surface area contributed by atoms with Crippen LogP contribution < -0.4 is 0 Å². The third-order valence-electron chi connectivity index (χ3n) is 4.24. The monoisotopic (exact) mass is 289 g/mol. The van der Waals surface area contributed by atoms with Crippen LogP contribution in [0.5, 0.6) is 0 Å². The molecule has 1 aromatic rings. The van der Waals surface area contributed by atoms with Crippen molar-refractivity contribution in [2.24, 2.45) is 0 Å². The smallest absolute Gasteiger partial charge is 0.338 e. The van der Waals surface area contributed by atoms with E-state index in [0.29, 0.717) is 5.56 Å². The lowest BCUT2D eigenvalue weighted by atomic mass is 9.87. The van der Waals surface area contributed by atoms with E-state index < -0.39 is 0 Å². The van der Waals surface area contributed by atoms with Crippen molar-refractivity contribution in [2.75, 3.05) is 19.6 Å². The second-order valence-electron chi connectivity index (χ2n) is 6.87. The lowest BCUT2D eigenvalue weighted by Crippen LogP contribution is -2.37. The van der Waals surface area contributed by atoms with Crippen LogP contribution in [0.15, 0.2) is 24.3 Å². The summed E-state index contributed by atoms with van der Waals surface area (Å²) in [6.45, 7) is 11.8. The molecule has 0 N–H and O–H groups in total. The number of carbonyl (C=O) groups excluding carboxylic acids is 1. The molecule has 1 fully saturated rings. The van der Waals surface area contributed by atoms with Crippen molar-refractivity contribution in [1.29, 1.82) is 0 Å². The zero-order chi connectivity index (χ0) is 15.5. The highest BCUT2D eigenvalue weighted by molar-refractivity contribution is 5.89. The number of benzene rings is 1. The Balaban J connectivity index is 1.92. The molecule has 0 radical (unpaired) electrons. The third kappa shape index (κ3) is 4.31. The highest BCUT2D eigenvalue weighted by atomic mass is 16.5. The minimum absolute atomic E-state index is 0.0718. The summed E-state index contributed by atoms with van der Waals surface area (Å²) in [4.78, 5) is 14.6. The van der Waals surface area contributed by atoms with E-state index in [2.05, 4.69) is 32.6 Å². The van der Waals surface area contributed by atoms with Crippen molar-refractivity contribution in [2.45, 2.75) is 52.1 Å². The van der Waals surface area contributed by atoms with Crippen LogP contribution in [0, 0.1) is 0 Å². The van der Waals surface area contributed by atoms with E-state index in [9.17, 15) is 4.79 Å². The maximum Gasteiger partial charge on any atom is 0.338 e. The molecule has 0 spiro atoms. The van der Waals surface area contributed by atoms with Crippen LogP contribution >= 0.6 is 0 Å². The largest absolute Gasteiger partial charge is 0.459 e. The van der Waals surface area contributed by atoms with E-state index in [-0.39, 0.29) is 17.5 Å². The average Bonchev–Trinajstić information content (AvgIpc) is 2.47. The molecule has 3 heteroatoms. The highest BCUT2D eigenvalue weighted by Crippen LogP contribution is 2.23. The van der Waals surface area contributed by atoms with Gasteiger partial charge in [0.05, 0.1) is 5.56 Å². The van der Waals surface area contributed by atoms with Crippen LogP contribution in [0.2, 0.25) is 0 Å². The molecule has 2 rings (SSSR count). The summed E-state index contributed by atoms with van der Waals surface area (Å²) in [5.41, 5.74) is 1.99. The molecule has 1 heterocycles. The van der Waals surface area contributed by atoms with Gasteiger partial charge in [-0.2, -0.15) is 0 Å². The van der Waals surface area contributed by atoms with Crippen LogP contribution in [0.25, 0.3) is 0 Å². The molecule has 0 atom stereocenters. The number of rotatable bonds is 3. The molecule has 0 aliphatic carbocycles. The molecule has 0 aromatic heterocycles. The van der Waals surface area contributed by atoms with Crippen molar-refractivity contribution < 1.29 is 9.53 Å². The van der Waals surface area contributed by atoms with Crippen LogP contribution in [0.3, 0.4) is 0 Å². The van der Waals surface area contributed by atoms with Gasteiger partial charge in [-0.1, -0.05) is 39.8 Å². The van der Waals surface area contributed by atoms with E-state index >= 15 is 0 Å². The minimum atomic E-state index is -0.189. The van der Waals surface area contributed by atoms with Gasteiger partial charge < -0.3 is 9.64 Å². The van der Waals surface area contributed by atoms with E-state index in [4.69, 9.17) is 4.74 Å². The fraction of sp³-hybridized carbons (Fsp3) is 0.611. The van der Waals surface area contributed by atoms with Gasteiger partial charge in [-0.3, -0.25) is 0 Å². The molecule has 1 aliphatic heterocycles. The van der Waals surface area contributed by atoms with Crippen molar-refractivity contribution in [3.8, 4) is 0 Å². The number of carbonyl (C=O) groups is 1. The molecule has 1 saturated heterocycles. The Labute approximate surface area is 128 Å². The summed E-state index contributed by atoms with van der Waals surface area (Å²) < 4.78 is 5.63. The Bertz CT molecular complexity index is 465. The Morgan fingerprint density at radius 1 is 1.19 bits per heavy atom. The first-order chi connectivity index (χ1) is 9.90. The molecule has 0 saturated carbocycles. The Kier molecular flexibility index (Phi) is 5.04. The fourth-order valence-corrected chi connectivity index (χ4v) is 2.67. The van der Waals surface area contributed by atoms with E-state index in [1.165, 1.54) is 5.56 Å². The van der Waals surface area contributed by atoms with Gasteiger partial charge in [0.2, 0.25) is 0 Å². The van der Waals surface area contributed by atoms with Gasteiger partial charge >= 0.3 is 5.97 Å². The molecular weight excluding hydrogens is 262 g/mol. The number of likely N-dealkylation sites (tertiary alicyclic amines) is 1. The van der Waals surface area contributed by atoms with Gasteiger partial charge in [-0.15, -0.1) is 0 Å². The van der Waals surface area contributed by atoms with Gasteiger partial charge in [0, 0.05) is 13.1 Å². The Morgan fingerprint density at radius 2 is 1.76 bits per heavy atom. The molecule has 1 aromatic carbocycles. The lowest BCUT2D eigenvalue weighted by molar-refractivity contribution is 0.0119. The van der Waals surface area contributed by atoms with Gasteiger partial charge in [0.25, 0.3) is 0 Å². The normalized spacial score (nSPS) is 17.7. The summed E-state index contributed by atoms with van der Waals surface area (Å²) in [5, 5.41) is 0. The maximum atomic E-state index is 12.2. The topological polar surface area (TPSA) is 29.5 Å². The van der Waals surface area contributed by atoms with E-state index in [1.807, 2.05) is 24.3 Å². The molecule has 116 valence electrons. The molecular formula is C18H27NO2. The number of piperidine rings is 1. The zero-order valence-electron chi connectivity index (χ0n) is 13.7. The predicted molar refractivity (Wildman–Crippen MR) is 85.7 cm³/mol. The molecule has 0 unspecified atom stereocenters. The second-order valence-corrected chi connectivity index (χ2v) is 6.87. The molecule has 21 heavy (non-hydrogen) atoms. The first-order valence-electron chi connectivity index (χ1n) is 7.94. The summed E-state index contributed by atoms with van der Waals surface area (Å²) in [7, 11) is 0. The number of hydrogen-bond acceptors (Lipinski definition) is 3. The zero-order valence-corrected chi connectivity index (χ0v) is 13.7. The van der Waals surface area contributed by atoms with Crippen LogP contribution in [0.1, 0.15) is 56.5 Å². The first-order valence-corrected chi connectivity index (χ1v) is 7.94. The fourth-order valence-electron chi connectivity index (χ4n) is 2.67. The summed E-state index contributed by atoms with van der Waals surface area (Å²) in [6.07, 6.45) is 1.96. The SMILES string of the molecule is CCN1CCC(OC(=O)c2ccc(C(C)(C)C)cc2)CC1. The van der Waals surface area contributed by atoms with Gasteiger partial charge in [-0.05, 0) is 42.5 Å². The Hall–Kier alpha value is -1.35. The van der Waals surface area contributed by atoms with Crippen LogP contribution in [-0.4, -0.2) is 36.6 Å². The molecule has 0 amide bonds. The van der Waals surface area contributed by atoms with Crippen molar-refractivity contribution in [3.05, 3.63) is 35.4 Å². The second kappa shape index (κ2) is 6.61. The highest BCUT2D eigenvalue weighted by Gasteiger charge is 2.22. The Morgan fingerprint density at radius 3 is 2.24 bits per heavy atom. The summed E-state index contributed by atoms with van der Waals surface area (Å²) in [5.74, 6) is -0.189. The van der Waals surface area contributed by atoms with E-state index in [0.717, 1.165) is 32.5 Å². The summed E-state index contributed by atoms with van der Waals surface area (Å²) >= 11 is 0. The number of esters is 1. The average molecular weight is 289 g/mol. The molecule has 1 aliphatic rings. The summed E-state index contributed by atoms with van der Waals surface area (Å²) in [6, 6.07) is 7.81. The van der Waals surface area contributed by atoms with Gasteiger partial charge in [-0.25, -0.2) is 4.79 Å². The molecule has 3 nitrogen and oxygen atoms in total. The maximum absolute atomic E-state index is 12.2. The quantitative estimate of drug-likeness (QED) is 0.796. The lowest BCUT2D eigenvalue weighted by Gasteiger charge is -2.30. The standard InChI is InChI=1S/C18H27NO2/c1-5-19-12-10-16(11-13-19)21-17(20)14-6-8-15(9-7-14)18(2,3)4/h6-9,16H,5,10-13H2,1-4H3. The van der Waals surface area contributed by atoms with Crippen LogP contribution in [-0.2, 0) is 10.2 Å². The number of hydrogen-bond donors (Lipinski definition) is 0. The first kappa shape index (κ1) is 16.0. The van der Waals surface area contributed by atoms with Crippen molar-refractivity contribution in [3.63, 3.8) is 0 Å². The number of nitrogens with zero attached hydrogens (tertiary/aromatic N) is 1. The van der Waals surface area contributed by atoms with E-state index in [1.54, 1.807) is 0 Å². The van der Waals surface area contributed by atoms with Crippen molar-refractivity contribution >= 4 is 5.97 Å². The molecule has 0 bridgehead atoms. The van der Waals surface area contributed by atoms with Gasteiger partial charge in [0.1, 0.15) is 6.10 Å². The minimum Gasteiger partial charge on any atom is -0.459 e. The van der Waals surface area contributed by atoms with Crippen molar-refractivity contribution in [1.82, 2.24) is 4.90 Å².